The van der Waals surface area contributed by atoms with E-state index in [9.17, 15) is 14.4 Å². The van der Waals surface area contributed by atoms with Gasteiger partial charge in [-0.2, -0.15) is 0 Å². The smallest absolute Gasteiger partial charge is 0.340 e. The van der Waals surface area contributed by atoms with Crippen molar-refractivity contribution in [3.63, 3.8) is 0 Å². The summed E-state index contributed by atoms with van der Waals surface area (Å²) in [6.45, 7) is 6.03. The molecule has 2 amide bonds. The Kier molecular flexibility index (Phi) is 6.38. The van der Waals surface area contributed by atoms with E-state index in [0.29, 0.717) is 37.8 Å². The third-order valence-electron chi connectivity index (χ3n) is 4.58. The van der Waals surface area contributed by atoms with Crippen molar-refractivity contribution in [2.45, 2.75) is 13.8 Å². The van der Waals surface area contributed by atoms with Crippen LogP contribution >= 0.6 is 0 Å². The van der Waals surface area contributed by atoms with Gasteiger partial charge in [0.25, 0.3) is 5.91 Å². The number of aromatic nitrogens is 2. The molecule has 0 unspecified atom stereocenters. The number of benzene rings is 1. The second-order valence-corrected chi connectivity index (χ2v) is 6.49. The van der Waals surface area contributed by atoms with Crippen LogP contribution in [0, 0.1) is 0 Å². The highest BCUT2D eigenvalue weighted by molar-refractivity contribution is 6.07. The lowest BCUT2D eigenvalue weighted by atomic mass is 10.1. The molecule has 2 aromatic rings. The van der Waals surface area contributed by atoms with Crippen molar-refractivity contribution in [2.24, 2.45) is 0 Å². The van der Waals surface area contributed by atoms with Crippen LogP contribution in [0.5, 0.6) is 0 Å². The molecule has 1 N–H and O–H groups in total. The largest absolute Gasteiger partial charge is 0.462 e. The fraction of sp³-hybridized carbons (Fsp3) is 0.350. The van der Waals surface area contributed by atoms with Crippen LogP contribution in [0.25, 0.3) is 0 Å². The molecule has 0 spiro atoms. The first-order valence-corrected chi connectivity index (χ1v) is 9.39. The molecular weight excluding hydrogens is 374 g/mol. The van der Waals surface area contributed by atoms with Gasteiger partial charge in [-0.3, -0.25) is 9.59 Å². The summed E-state index contributed by atoms with van der Waals surface area (Å²) in [5.74, 6) is -0.355. The number of rotatable bonds is 5. The van der Waals surface area contributed by atoms with E-state index in [4.69, 9.17) is 4.74 Å². The Morgan fingerprint density at radius 1 is 1.07 bits per heavy atom. The highest BCUT2D eigenvalue weighted by Gasteiger charge is 2.21. The maximum Gasteiger partial charge on any atom is 0.340 e. The quantitative estimate of drug-likeness (QED) is 0.764. The Bertz CT molecular complexity index is 892. The van der Waals surface area contributed by atoms with Gasteiger partial charge in [-0.05, 0) is 19.1 Å². The van der Waals surface area contributed by atoms with Crippen molar-refractivity contribution in [3.8, 4) is 0 Å². The van der Waals surface area contributed by atoms with E-state index in [2.05, 4.69) is 15.3 Å². The molecule has 0 radical (unpaired) electrons. The van der Waals surface area contributed by atoms with Crippen LogP contribution < -0.4 is 10.2 Å². The summed E-state index contributed by atoms with van der Waals surface area (Å²) in [5.41, 5.74) is 0.916. The molecule has 1 aromatic heterocycles. The number of carbonyl (C=O) groups is 3. The zero-order chi connectivity index (χ0) is 20.8. The fourth-order valence-electron chi connectivity index (χ4n) is 3.00. The summed E-state index contributed by atoms with van der Waals surface area (Å²) < 4.78 is 5.02. The molecular formula is C20H23N5O4. The number of esters is 1. The summed E-state index contributed by atoms with van der Waals surface area (Å²) >= 11 is 0. The predicted octanol–water partition coefficient (Wildman–Crippen LogP) is 1.57. The summed E-state index contributed by atoms with van der Waals surface area (Å²) in [5, 5.41) is 2.71. The van der Waals surface area contributed by atoms with Crippen LogP contribution in [0.2, 0.25) is 0 Å². The maximum atomic E-state index is 12.6. The average molecular weight is 397 g/mol. The lowest BCUT2D eigenvalue weighted by molar-refractivity contribution is -0.129. The number of piperazine rings is 1. The number of carbonyl (C=O) groups excluding carboxylic acids is 3. The number of nitrogens with zero attached hydrogens (tertiary/aromatic N) is 4. The predicted molar refractivity (Wildman–Crippen MR) is 107 cm³/mol. The van der Waals surface area contributed by atoms with Gasteiger partial charge in [0.15, 0.2) is 0 Å². The lowest BCUT2D eigenvalue weighted by Crippen LogP contribution is -2.48. The maximum absolute atomic E-state index is 12.6. The summed E-state index contributed by atoms with van der Waals surface area (Å²) in [7, 11) is 0. The van der Waals surface area contributed by atoms with E-state index >= 15 is 0 Å². The van der Waals surface area contributed by atoms with Gasteiger partial charge in [0, 0.05) is 45.5 Å². The van der Waals surface area contributed by atoms with Crippen LogP contribution in [0.15, 0.2) is 36.7 Å². The van der Waals surface area contributed by atoms with Crippen molar-refractivity contribution < 1.29 is 19.1 Å². The van der Waals surface area contributed by atoms with Crippen molar-refractivity contribution in [2.75, 3.05) is 43.0 Å². The number of hydrogen-bond donors (Lipinski definition) is 1. The SMILES string of the molecule is CCOC(=O)c1ccccc1NC(=O)c1cnc(N2CCN(C(C)=O)CC2)nc1. The molecule has 1 saturated heterocycles. The average Bonchev–Trinajstić information content (AvgIpc) is 2.74. The summed E-state index contributed by atoms with van der Waals surface area (Å²) in [4.78, 5) is 48.3. The van der Waals surface area contributed by atoms with Crippen molar-refractivity contribution >= 4 is 29.4 Å². The number of hydrogen-bond acceptors (Lipinski definition) is 7. The standard InChI is InChI=1S/C20H23N5O4/c1-3-29-19(28)16-6-4-5-7-17(16)23-18(27)15-12-21-20(22-13-15)25-10-8-24(9-11-25)14(2)26/h4-7,12-13H,3,8-11H2,1-2H3,(H,23,27). The molecule has 1 aliphatic rings. The van der Waals surface area contributed by atoms with Gasteiger partial charge in [0.1, 0.15) is 0 Å². The second kappa shape index (κ2) is 9.13. The summed E-state index contributed by atoms with van der Waals surface area (Å²) in [6, 6.07) is 6.64. The fourth-order valence-corrected chi connectivity index (χ4v) is 3.00. The van der Waals surface area contributed by atoms with Crippen LogP contribution in [0.1, 0.15) is 34.6 Å². The Balaban J connectivity index is 1.66. The minimum atomic E-state index is -0.500. The van der Waals surface area contributed by atoms with Crippen LogP contribution in [0.3, 0.4) is 0 Å². The van der Waals surface area contributed by atoms with E-state index < -0.39 is 11.9 Å². The first-order chi connectivity index (χ1) is 14.0. The number of amides is 2. The highest BCUT2D eigenvalue weighted by atomic mass is 16.5. The number of ether oxygens (including phenoxy) is 1. The molecule has 29 heavy (non-hydrogen) atoms. The molecule has 2 heterocycles. The third-order valence-corrected chi connectivity index (χ3v) is 4.58. The molecule has 9 heteroatoms. The van der Waals surface area contributed by atoms with Crippen LogP contribution in [-0.2, 0) is 9.53 Å². The highest BCUT2D eigenvalue weighted by Crippen LogP contribution is 2.18. The molecule has 9 nitrogen and oxygen atoms in total. The van der Waals surface area contributed by atoms with Crippen molar-refractivity contribution in [1.82, 2.24) is 14.9 Å². The molecule has 0 atom stereocenters. The minimum absolute atomic E-state index is 0.0562. The molecule has 1 fully saturated rings. The monoisotopic (exact) mass is 397 g/mol. The van der Waals surface area contributed by atoms with Gasteiger partial charge in [0.2, 0.25) is 11.9 Å². The Hall–Kier alpha value is -3.49. The van der Waals surface area contributed by atoms with Crippen molar-refractivity contribution in [1.29, 1.82) is 0 Å². The molecule has 0 saturated carbocycles. The van der Waals surface area contributed by atoms with E-state index in [0.717, 1.165) is 0 Å². The van der Waals surface area contributed by atoms with E-state index in [1.54, 1.807) is 43.0 Å². The van der Waals surface area contributed by atoms with E-state index in [1.807, 2.05) is 4.90 Å². The molecule has 1 aromatic carbocycles. The molecule has 0 aliphatic carbocycles. The Labute approximate surface area is 168 Å². The number of anilines is 2. The van der Waals surface area contributed by atoms with E-state index in [1.165, 1.54) is 12.4 Å². The minimum Gasteiger partial charge on any atom is -0.462 e. The molecule has 0 bridgehead atoms. The first kappa shape index (κ1) is 20.2. The van der Waals surface area contributed by atoms with Crippen molar-refractivity contribution in [3.05, 3.63) is 47.8 Å². The van der Waals surface area contributed by atoms with Gasteiger partial charge in [-0.1, -0.05) is 12.1 Å². The normalized spacial score (nSPS) is 13.7. The number of nitrogens with one attached hydrogen (secondary N) is 1. The van der Waals surface area contributed by atoms with Gasteiger partial charge in [-0.25, -0.2) is 14.8 Å². The van der Waals surface area contributed by atoms with E-state index in [-0.39, 0.29) is 23.6 Å². The van der Waals surface area contributed by atoms with Crippen LogP contribution in [0.4, 0.5) is 11.6 Å². The Morgan fingerprint density at radius 2 is 1.72 bits per heavy atom. The first-order valence-electron chi connectivity index (χ1n) is 9.39. The molecule has 3 rings (SSSR count). The zero-order valence-corrected chi connectivity index (χ0v) is 16.4. The molecule has 152 valence electrons. The number of para-hydroxylation sites is 1. The van der Waals surface area contributed by atoms with Gasteiger partial charge < -0.3 is 19.9 Å². The van der Waals surface area contributed by atoms with Crippen LogP contribution in [-0.4, -0.2) is 65.4 Å². The van der Waals surface area contributed by atoms with Gasteiger partial charge in [0.05, 0.1) is 23.4 Å². The summed E-state index contributed by atoms with van der Waals surface area (Å²) in [6.07, 6.45) is 2.89. The van der Waals surface area contributed by atoms with Gasteiger partial charge >= 0.3 is 5.97 Å². The van der Waals surface area contributed by atoms with Gasteiger partial charge in [-0.15, -0.1) is 0 Å². The molecule has 1 aliphatic heterocycles. The zero-order valence-electron chi connectivity index (χ0n) is 16.4. The second-order valence-electron chi connectivity index (χ2n) is 6.49. The lowest BCUT2D eigenvalue weighted by Gasteiger charge is -2.34. The topological polar surface area (TPSA) is 105 Å². The third kappa shape index (κ3) is 4.87. The Morgan fingerprint density at radius 3 is 2.34 bits per heavy atom.